The smallest absolute Gasteiger partial charge is 0.353 e. The van der Waals surface area contributed by atoms with E-state index in [2.05, 4.69) is 0 Å². The minimum absolute atomic E-state index is 0.305. The summed E-state index contributed by atoms with van der Waals surface area (Å²) in [5.74, 6) is 0.305. The van der Waals surface area contributed by atoms with E-state index in [0.717, 1.165) is 20.9 Å². The van der Waals surface area contributed by atoms with Crippen molar-refractivity contribution in [2.45, 2.75) is 0 Å². The number of phenolic OH excluding ortho intramolecular Hbond substituents is 1. The van der Waals surface area contributed by atoms with Gasteiger partial charge in [-0.3, -0.25) is 10.0 Å². The van der Waals surface area contributed by atoms with Crippen molar-refractivity contribution in [1.29, 1.82) is 0 Å². The summed E-state index contributed by atoms with van der Waals surface area (Å²) in [6.45, 7) is 0. The van der Waals surface area contributed by atoms with Gasteiger partial charge in [0.15, 0.2) is 0 Å². The summed E-state index contributed by atoms with van der Waals surface area (Å²) in [7, 11) is 4.78. The molecule has 0 aliphatic heterocycles. The second kappa shape index (κ2) is 6.53. The molecule has 0 saturated heterocycles. The van der Waals surface area contributed by atoms with Gasteiger partial charge in [0, 0.05) is 0 Å². The van der Waals surface area contributed by atoms with Crippen molar-refractivity contribution in [3.8, 4) is 16.9 Å². The number of phenols is 1. The van der Waals surface area contributed by atoms with Gasteiger partial charge in [-0.2, -0.15) is 0 Å². The number of benzene rings is 2. The summed E-state index contributed by atoms with van der Waals surface area (Å²) < 4.78 is 0. The predicted octanol–water partition coefficient (Wildman–Crippen LogP) is 2.83. The van der Waals surface area contributed by atoms with Gasteiger partial charge in [-0.1, -0.05) is 42.5 Å². The van der Waals surface area contributed by atoms with Crippen LogP contribution in [0.1, 0.15) is 0 Å². The molecule has 0 saturated carbocycles. The largest absolute Gasteiger partial charge is 0.508 e. The molecular weight excluding hydrogens is 223 g/mol. The fraction of sp³-hybridized carbons (Fsp3) is 0. The Bertz CT molecular complexity index is 386. The second-order valence-electron chi connectivity index (χ2n) is 2.91. The molecule has 0 unspecified atom stereocenters. The molecule has 3 heteroatoms. The van der Waals surface area contributed by atoms with E-state index in [-0.39, 0.29) is 0 Å². The Hall–Kier alpha value is -0.938. The summed E-state index contributed by atoms with van der Waals surface area (Å²) in [6.07, 6.45) is 0. The summed E-state index contributed by atoms with van der Waals surface area (Å²) in [5, 5.41) is 9.10. The van der Waals surface area contributed by atoms with Crippen LogP contribution in [0.4, 0.5) is 0 Å². The Balaban J connectivity index is 0.000000531. The minimum Gasteiger partial charge on any atom is -0.508 e. The molecule has 1 nitrogen and oxygen atoms in total. The molecule has 0 amide bonds. The van der Waals surface area contributed by atoms with Crippen LogP contribution in [-0.4, -0.2) is 20.5 Å². The SMILES string of the molecule is Oc1ccc(-c2ccccc2)cc1.[AlH2][Cl]. The van der Waals surface area contributed by atoms with Gasteiger partial charge in [-0.15, -0.1) is 0 Å². The molecule has 15 heavy (non-hydrogen) atoms. The van der Waals surface area contributed by atoms with Crippen LogP contribution in [0.25, 0.3) is 11.1 Å². The lowest BCUT2D eigenvalue weighted by atomic mass is 10.1. The van der Waals surface area contributed by atoms with Crippen LogP contribution in [0.2, 0.25) is 0 Å². The molecule has 0 atom stereocenters. The molecule has 2 aromatic carbocycles. The molecule has 1 N–H and O–H groups in total. The van der Waals surface area contributed by atoms with E-state index in [1.807, 2.05) is 42.5 Å². The summed E-state index contributed by atoms with van der Waals surface area (Å²) in [6, 6.07) is 17.3. The van der Waals surface area contributed by atoms with Gasteiger partial charge in [0.05, 0.1) is 0 Å². The van der Waals surface area contributed by atoms with Gasteiger partial charge in [-0.05, 0) is 23.3 Å². The number of rotatable bonds is 1. The number of halogens is 1. The van der Waals surface area contributed by atoms with Crippen molar-refractivity contribution in [2.24, 2.45) is 0 Å². The van der Waals surface area contributed by atoms with Gasteiger partial charge >= 0.3 is 15.4 Å². The van der Waals surface area contributed by atoms with Crippen molar-refractivity contribution in [3.05, 3.63) is 54.6 Å². The Kier molecular flexibility index (Phi) is 5.28. The first-order valence-corrected chi connectivity index (χ1v) is 7.61. The molecule has 0 aromatic heterocycles. The van der Waals surface area contributed by atoms with Crippen LogP contribution >= 0.6 is 10.0 Å². The zero-order chi connectivity index (χ0) is 11.1. The molecular formula is C12H12AlClO. The van der Waals surface area contributed by atoms with Crippen LogP contribution < -0.4 is 0 Å². The molecule has 76 valence electrons. The summed E-state index contributed by atoms with van der Waals surface area (Å²) >= 11 is 0.778. The number of aromatic hydroxyl groups is 1. The lowest BCUT2D eigenvalue weighted by Crippen LogP contribution is -1.74. The third-order valence-electron chi connectivity index (χ3n) is 1.97. The van der Waals surface area contributed by atoms with Gasteiger partial charge in [-0.25, -0.2) is 0 Å². The fourth-order valence-corrected chi connectivity index (χ4v) is 1.28. The Labute approximate surface area is 102 Å². The van der Waals surface area contributed by atoms with Crippen molar-refractivity contribution in [2.75, 3.05) is 0 Å². The van der Waals surface area contributed by atoms with Crippen LogP contribution in [-0.2, 0) is 0 Å². The van der Waals surface area contributed by atoms with E-state index in [1.54, 1.807) is 12.1 Å². The number of hydrogen-bond donors (Lipinski definition) is 1. The molecule has 0 heterocycles. The Morgan fingerprint density at radius 2 is 1.20 bits per heavy atom. The molecule has 0 aliphatic carbocycles. The first kappa shape index (κ1) is 12.1. The highest BCUT2D eigenvalue weighted by Crippen LogP contribution is 2.20. The van der Waals surface area contributed by atoms with Gasteiger partial charge in [0.1, 0.15) is 5.75 Å². The maximum absolute atomic E-state index is 9.10. The topological polar surface area (TPSA) is 20.2 Å². The maximum atomic E-state index is 9.10. The quantitative estimate of drug-likeness (QED) is 0.753. The Morgan fingerprint density at radius 3 is 1.73 bits per heavy atom. The van der Waals surface area contributed by atoms with Gasteiger partial charge in [0.2, 0.25) is 0 Å². The van der Waals surface area contributed by atoms with Crippen LogP contribution in [0.3, 0.4) is 0 Å². The van der Waals surface area contributed by atoms with E-state index in [1.165, 1.54) is 5.56 Å². The van der Waals surface area contributed by atoms with Crippen molar-refractivity contribution in [3.63, 3.8) is 0 Å². The highest BCUT2D eigenvalue weighted by atomic mass is 35.6. The molecule has 0 radical (unpaired) electrons. The van der Waals surface area contributed by atoms with Gasteiger partial charge in [0.25, 0.3) is 0 Å². The highest BCUT2D eigenvalue weighted by molar-refractivity contribution is 6.80. The average molecular weight is 235 g/mol. The second-order valence-corrected chi connectivity index (χ2v) is 2.91. The van der Waals surface area contributed by atoms with Gasteiger partial charge < -0.3 is 5.11 Å². The maximum Gasteiger partial charge on any atom is 0.353 e. The van der Waals surface area contributed by atoms with E-state index in [4.69, 9.17) is 15.2 Å². The third kappa shape index (κ3) is 3.60. The lowest BCUT2D eigenvalue weighted by Gasteiger charge is -2.00. The molecule has 2 aromatic rings. The zero-order valence-corrected chi connectivity index (χ0v) is 11.3. The van der Waals surface area contributed by atoms with E-state index in [0.29, 0.717) is 5.75 Å². The molecule has 2 rings (SSSR count). The molecule has 0 aliphatic rings. The fourth-order valence-electron chi connectivity index (χ4n) is 1.28. The lowest BCUT2D eigenvalue weighted by molar-refractivity contribution is 0.475. The zero-order valence-electron chi connectivity index (χ0n) is 8.52. The molecule has 0 bridgehead atoms. The third-order valence-corrected chi connectivity index (χ3v) is 1.97. The predicted molar refractivity (Wildman–Crippen MR) is 67.9 cm³/mol. The van der Waals surface area contributed by atoms with Crippen LogP contribution in [0.15, 0.2) is 54.6 Å². The monoisotopic (exact) mass is 234 g/mol. The van der Waals surface area contributed by atoms with E-state index >= 15 is 0 Å². The van der Waals surface area contributed by atoms with Crippen LogP contribution in [0.5, 0.6) is 5.75 Å². The van der Waals surface area contributed by atoms with Crippen LogP contribution in [0, 0.1) is 0 Å². The summed E-state index contributed by atoms with van der Waals surface area (Å²) in [5.41, 5.74) is 2.29. The highest BCUT2D eigenvalue weighted by Gasteiger charge is 1.94. The Morgan fingerprint density at radius 1 is 0.733 bits per heavy atom. The normalized spacial score (nSPS) is 8.87. The molecule has 0 fully saturated rings. The van der Waals surface area contributed by atoms with Crippen molar-refractivity contribution >= 4 is 25.4 Å². The van der Waals surface area contributed by atoms with E-state index < -0.39 is 0 Å². The average Bonchev–Trinajstić information content (AvgIpc) is 2.34. The van der Waals surface area contributed by atoms with E-state index in [9.17, 15) is 0 Å². The minimum atomic E-state index is 0.305. The van der Waals surface area contributed by atoms with Crippen molar-refractivity contribution < 1.29 is 5.11 Å². The summed E-state index contributed by atoms with van der Waals surface area (Å²) in [4.78, 5) is 0. The first-order chi connectivity index (χ1) is 7.36. The molecule has 0 spiro atoms. The van der Waals surface area contributed by atoms with Crippen molar-refractivity contribution in [1.82, 2.24) is 0 Å². The number of hydrogen-bond acceptors (Lipinski definition) is 1. The standard InChI is InChI=1S/C12H10O.Al.ClH.2H/c13-12-8-6-11(7-9-12)10-4-2-1-3-5-10;;;;/h1-9,13H;;1H;;/q;+1;;;/p-1. The first-order valence-electron chi connectivity index (χ1n) is 4.58.